The number of hydrogen-bond acceptors (Lipinski definition) is 2. The van der Waals surface area contributed by atoms with Crippen molar-refractivity contribution in [2.75, 3.05) is 0 Å². The van der Waals surface area contributed by atoms with Crippen molar-refractivity contribution >= 4 is 5.84 Å². The molecule has 2 nitrogen and oxygen atoms in total. The standard InChI is InChI=1S/C4H8N2/c1-2-3-4-5-6-4/h2-3H2,1H3,(H,5,6). The second kappa shape index (κ2) is 1.29. The fourth-order valence-electron chi connectivity index (χ4n) is 0.388. The van der Waals surface area contributed by atoms with Gasteiger partial charge in [-0.15, -0.1) is 0 Å². The third-order valence-electron chi connectivity index (χ3n) is 0.757. The molecule has 0 atom stereocenters. The van der Waals surface area contributed by atoms with E-state index in [0.29, 0.717) is 0 Å². The van der Waals surface area contributed by atoms with Crippen LogP contribution in [0, 0.1) is 0 Å². The number of nitrogens with zero attached hydrogens (tertiary/aromatic N) is 1. The molecule has 0 bridgehead atoms. The summed E-state index contributed by atoms with van der Waals surface area (Å²) in [4.78, 5) is 0. The summed E-state index contributed by atoms with van der Waals surface area (Å²) in [6, 6.07) is 0. The monoisotopic (exact) mass is 84.1 g/mol. The highest BCUT2D eigenvalue weighted by atomic mass is 15.5. The van der Waals surface area contributed by atoms with E-state index < -0.39 is 0 Å². The van der Waals surface area contributed by atoms with Crippen molar-refractivity contribution in [3.8, 4) is 0 Å². The van der Waals surface area contributed by atoms with Crippen molar-refractivity contribution in [2.45, 2.75) is 19.8 Å². The second-order valence-electron chi connectivity index (χ2n) is 1.42. The Morgan fingerprint density at radius 2 is 2.50 bits per heavy atom. The molecule has 1 N–H and O–H groups in total. The summed E-state index contributed by atoms with van der Waals surface area (Å²) in [5.41, 5.74) is 2.78. The van der Waals surface area contributed by atoms with E-state index in [-0.39, 0.29) is 0 Å². The van der Waals surface area contributed by atoms with Gasteiger partial charge in [-0.05, 0) is 6.42 Å². The first kappa shape index (κ1) is 3.65. The van der Waals surface area contributed by atoms with Gasteiger partial charge in [0, 0.05) is 6.42 Å². The first-order valence-corrected chi connectivity index (χ1v) is 2.26. The molecule has 0 saturated carbocycles. The minimum absolute atomic E-state index is 1.12. The number of hydrazone groups is 1. The normalized spacial score (nSPS) is 15.8. The SMILES string of the molecule is CCCC1=NN1. The summed E-state index contributed by atoms with van der Waals surface area (Å²) in [5.74, 6) is 1.16. The summed E-state index contributed by atoms with van der Waals surface area (Å²) in [7, 11) is 0. The molecule has 0 aliphatic carbocycles. The molecule has 0 fully saturated rings. The molecule has 0 aromatic heterocycles. The van der Waals surface area contributed by atoms with Gasteiger partial charge in [-0.3, -0.25) is 5.43 Å². The van der Waals surface area contributed by atoms with E-state index in [9.17, 15) is 0 Å². The summed E-state index contributed by atoms with van der Waals surface area (Å²) < 4.78 is 0. The van der Waals surface area contributed by atoms with Crippen molar-refractivity contribution < 1.29 is 0 Å². The first-order valence-electron chi connectivity index (χ1n) is 2.26. The van der Waals surface area contributed by atoms with Crippen LogP contribution in [0.2, 0.25) is 0 Å². The first-order chi connectivity index (χ1) is 2.93. The van der Waals surface area contributed by atoms with E-state index in [0.717, 1.165) is 12.3 Å². The number of nitrogens with one attached hydrogen (secondary N) is 1. The molecule has 0 amide bonds. The zero-order valence-electron chi connectivity index (χ0n) is 3.86. The van der Waals surface area contributed by atoms with Crippen LogP contribution in [0.15, 0.2) is 5.10 Å². The molecule has 0 aromatic carbocycles. The van der Waals surface area contributed by atoms with E-state index in [4.69, 9.17) is 0 Å². The molecular weight excluding hydrogens is 76.1 g/mol. The van der Waals surface area contributed by atoms with Gasteiger partial charge < -0.3 is 0 Å². The molecule has 6 heavy (non-hydrogen) atoms. The van der Waals surface area contributed by atoms with Crippen LogP contribution in [0.25, 0.3) is 0 Å². The zero-order chi connectivity index (χ0) is 4.41. The topological polar surface area (TPSA) is 34.3 Å². The van der Waals surface area contributed by atoms with Crippen molar-refractivity contribution in [2.24, 2.45) is 5.10 Å². The second-order valence-corrected chi connectivity index (χ2v) is 1.42. The third kappa shape index (κ3) is 0.708. The maximum absolute atomic E-state index is 3.76. The molecule has 1 rings (SSSR count). The van der Waals surface area contributed by atoms with Crippen LogP contribution >= 0.6 is 0 Å². The average molecular weight is 84.1 g/mol. The molecule has 1 aliphatic rings. The van der Waals surface area contributed by atoms with Gasteiger partial charge in [0.1, 0.15) is 5.84 Å². The summed E-state index contributed by atoms with van der Waals surface area (Å²) in [5, 5.41) is 3.76. The Hall–Kier alpha value is -0.530. The average Bonchev–Trinajstić information content (AvgIpc) is 2.21. The fourth-order valence-corrected chi connectivity index (χ4v) is 0.388. The Kier molecular flexibility index (Phi) is 0.783. The maximum atomic E-state index is 3.76. The van der Waals surface area contributed by atoms with E-state index in [1.54, 1.807) is 0 Å². The van der Waals surface area contributed by atoms with Crippen LogP contribution in [0.3, 0.4) is 0 Å². The lowest BCUT2D eigenvalue weighted by Gasteiger charge is -1.74. The van der Waals surface area contributed by atoms with Gasteiger partial charge in [0.15, 0.2) is 0 Å². The Bertz CT molecular complexity index is 75.6. The van der Waals surface area contributed by atoms with Crippen LogP contribution in [0.4, 0.5) is 0 Å². The van der Waals surface area contributed by atoms with E-state index >= 15 is 0 Å². The Balaban J connectivity index is 2.02. The Labute approximate surface area is 37.2 Å². The molecular formula is C4H8N2. The van der Waals surface area contributed by atoms with Crippen molar-refractivity contribution in [3.63, 3.8) is 0 Å². The van der Waals surface area contributed by atoms with Crippen molar-refractivity contribution in [3.05, 3.63) is 0 Å². The summed E-state index contributed by atoms with van der Waals surface area (Å²) >= 11 is 0. The van der Waals surface area contributed by atoms with Gasteiger partial charge in [-0.2, -0.15) is 5.10 Å². The molecule has 1 aliphatic heterocycles. The van der Waals surface area contributed by atoms with Gasteiger partial charge in [0.25, 0.3) is 0 Å². The Morgan fingerprint density at radius 3 is 2.67 bits per heavy atom. The van der Waals surface area contributed by atoms with Crippen LogP contribution < -0.4 is 5.43 Å². The fraction of sp³-hybridized carbons (Fsp3) is 0.750. The molecule has 34 valence electrons. The van der Waals surface area contributed by atoms with Crippen LogP contribution in [-0.4, -0.2) is 5.84 Å². The molecule has 0 aromatic rings. The van der Waals surface area contributed by atoms with Gasteiger partial charge in [-0.25, -0.2) is 0 Å². The van der Waals surface area contributed by atoms with E-state index in [1.165, 1.54) is 6.42 Å². The number of amidine groups is 1. The van der Waals surface area contributed by atoms with Crippen LogP contribution in [0.1, 0.15) is 19.8 Å². The molecule has 2 heteroatoms. The van der Waals surface area contributed by atoms with E-state index in [1.807, 2.05) is 0 Å². The lowest BCUT2D eigenvalue weighted by molar-refractivity contribution is 0.997. The zero-order valence-corrected chi connectivity index (χ0v) is 3.86. The lowest BCUT2D eigenvalue weighted by Crippen LogP contribution is -1.88. The molecule has 1 heterocycles. The van der Waals surface area contributed by atoms with Crippen molar-refractivity contribution in [1.29, 1.82) is 0 Å². The summed E-state index contributed by atoms with van der Waals surface area (Å²) in [6.45, 7) is 2.14. The smallest absolute Gasteiger partial charge is 0.142 e. The predicted molar refractivity (Wildman–Crippen MR) is 25.5 cm³/mol. The highest BCUT2D eigenvalue weighted by Crippen LogP contribution is 1.95. The minimum atomic E-state index is 1.12. The molecule has 0 spiro atoms. The highest BCUT2D eigenvalue weighted by Gasteiger charge is 2.04. The van der Waals surface area contributed by atoms with Crippen LogP contribution in [0.5, 0.6) is 0 Å². The largest absolute Gasteiger partial charge is 0.262 e. The van der Waals surface area contributed by atoms with Gasteiger partial charge >= 0.3 is 0 Å². The lowest BCUT2D eigenvalue weighted by atomic mass is 10.3. The van der Waals surface area contributed by atoms with Gasteiger partial charge in [0.05, 0.1) is 0 Å². The number of hydrogen-bond donors (Lipinski definition) is 1. The Morgan fingerprint density at radius 1 is 1.83 bits per heavy atom. The molecule has 0 radical (unpaired) electrons. The summed E-state index contributed by atoms with van der Waals surface area (Å²) in [6.07, 6.45) is 2.33. The highest BCUT2D eigenvalue weighted by molar-refractivity contribution is 5.90. The third-order valence-corrected chi connectivity index (χ3v) is 0.757. The predicted octanol–water partition coefficient (Wildman–Crippen LogP) is 0.703. The minimum Gasteiger partial charge on any atom is -0.262 e. The van der Waals surface area contributed by atoms with Crippen LogP contribution in [-0.2, 0) is 0 Å². The van der Waals surface area contributed by atoms with Gasteiger partial charge in [0.2, 0.25) is 0 Å². The molecule has 0 unspecified atom stereocenters. The quantitative estimate of drug-likeness (QED) is 0.525. The molecule has 0 saturated heterocycles. The van der Waals surface area contributed by atoms with Gasteiger partial charge in [-0.1, -0.05) is 6.92 Å². The number of rotatable bonds is 2. The maximum Gasteiger partial charge on any atom is 0.142 e. The van der Waals surface area contributed by atoms with Crippen molar-refractivity contribution in [1.82, 2.24) is 5.43 Å². The van der Waals surface area contributed by atoms with E-state index in [2.05, 4.69) is 17.5 Å².